The monoisotopic (exact) mass is 583 g/mol. The second-order valence-electron chi connectivity index (χ2n) is 12.2. The summed E-state index contributed by atoms with van der Waals surface area (Å²) < 4.78 is 7.21. The minimum Gasteiger partial charge on any atom is -0.497 e. The number of nitrogens with zero attached hydrogens (tertiary/aromatic N) is 2. The van der Waals surface area contributed by atoms with E-state index >= 15 is 0 Å². The molecular weight excluding hydrogens is 542 g/mol. The molecular formula is C34H41N5O4. The number of aromatic nitrogens is 1. The topological polar surface area (TPSA) is 105 Å². The molecule has 6 rings (SSSR count). The first kappa shape index (κ1) is 28.8. The van der Waals surface area contributed by atoms with Crippen molar-refractivity contribution in [3.8, 4) is 5.75 Å². The van der Waals surface area contributed by atoms with Gasteiger partial charge < -0.3 is 30.2 Å². The van der Waals surface area contributed by atoms with Crippen molar-refractivity contribution in [3.05, 3.63) is 82.3 Å². The van der Waals surface area contributed by atoms with Crippen LogP contribution in [0.25, 0.3) is 0 Å². The number of rotatable bonds is 6. The predicted octanol–water partition coefficient (Wildman–Crippen LogP) is 5.97. The molecule has 226 valence electrons. The van der Waals surface area contributed by atoms with Crippen LogP contribution in [0.15, 0.2) is 65.5 Å². The van der Waals surface area contributed by atoms with Crippen molar-refractivity contribution in [2.75, 3.05) is 35.7 Å². The van der Waals surface area contributed by atoms with Crippen molar-refractivity contribution in [1.82, 2.24) is 9.88 Å². The summed E-state index contributed by atoms with van der Waals surface area (Å²) in [5.74, 6) is 1.05. The molecule has 2 fully saturated rings. The lowest BCUT2D eigenvalue weighted by atomic mass is 9.83. The summed E-state index contributed by atoms with van der Waals surface area (Å²) >= 11 is 0. The number of urea groups is 1. The van der Waals surface area contributed by atoms with E-state index in [-0.39, 0.29) is 23.4 Å². The Bertz CT molecular complexity index is 1530. The minimum absolute atomic E-state index is 0.0527. The van der Waals surface area contributed by atoms with E-state index in [4.69, 9.17) is 4.74 Å². The fraction of sp³-hybridized carbons (Fsp3) is 0.441. The van der Waals surface area contributed by atoms with Gasteiger partial charge in [0.15, 0.2) is 0 Å². The number of carbonyl (C=O) groups excluding carboxylic acids is 2. The van der Waals surface area contributed by atoms with Crippen LogP contribution in [-0.2, 0) is 6.54 Å². The molecule has 3 aliphatic rings. The van der Waals surface area contributed by atoms with Gasteiger partial charge in [-0.25, -0.2) is 4.79 Å². The normalized spacial score (nSPS) is 20.3. The number of nitrogens with one attached hydrogen (secondary N) is 3. The standard InChI is InChI=1S/C34H41N5O4/c1-43-28-12-7-11-27(19-28)36-34(42)37-29-18-24(33(41)35-26-9-5-3-2-4-6-10-26)15-16-31(29)38-20-23-17-25(22-38)30-13-8-14-32(40)39(30)21-23/h7-8,11-16,18-19,23,25-26H,2-6,9-10,17,20-22H2,1H3,(H,35,41)(H2,36,37,42). The first-order valence-corrected chi connectivity index (χ1v) is 15.6. The maximum absolute atomic E-state index is 13.4. The number of amides is 3. The second-order valence-corrected chi connectivity index (χ2v) is 12.2. The first-order valence-electron chi connectivity index (χ1n) is 15.6. The van der Waals surface area contributed by atoms with Crippen molar-refractivity contribution in [1.29, 1.82) is 0 Å². The quantitative estimate of drug-likeness (QED) is 0.332. The first-order chi connectivity index (χ1) is 21.0. The molecule has 9 nitrogen and oxygen atoms in total. The molecule has 9 heteroatoms. The van der Waals surface area contributed by atoms with Gasteiger partial charge in [-0.2, -0.15) is 0 Å². The minimum atomic E-state index is -0.402. The lowest BCUT2D eigenvalue weighted by Gasteiger charge is -2.44. The molecule has 2 aromatic carbocycles. The average Bonchev–Trinajstić information content (AvgIpc) is 2.99. The Balaban J connectivity index is 1.26. The SMILES string of the molecule is COc1cccc(NC(=O)Nc2cc(C(=O)NC3CCCCCCC3)ccc2N2CC3CC(C2)c2cccc(=O)n2C3)c1. The van der Waals surface area contributed by atoms with Crippen LogP contribution in [0.3, 0.4) is 0 Å². The summed E-state index contributed by atoms with van der Waals surface area (Å²) in [5.41, 5.74) is 3.69. The molecule has 3 aromatic rings. The van der Waals surface area contributed by atoms with Gasteiger partial charge in [0, 0.05) is 60.7 Å². The van der Waals surface area contributed by atoms with Gasteiger partial charge in [-0.3, -0.25) is 9.59 Å². The van der Waals surface area contributed by atoms with Crippen LogP contribution in [0.1, 0.15) is 73.3 Å². The maximum Gasteiger partial charge on any atom is 0.323 e. The zero-order valence-corrected chi connectivity index (χ0v) is 24.8. The molecule has 3 amide bonds. The highest BCUT2D eigenvalue weighted by molar-refractivity contribution is 6.04. The largest absolute Gasteiger partial charge is 0.497 e. The van der Waals surface area contributed by atoms with E-state index in [1.165, 1.54) is 19.3 Å². The molecule has 3 heterocycles. The molecule has 0 radical (unpaired) electrons. The van der Waals surface area contributed by atoms with Crippen molar-refractivity contribution >= 4 is 29.0 Å². The lowest BCUT2D eigenvalue weighted by Crippen LogP contribution is -2.47. The smallest absolute Gasteiger partial charge is 0.323 e. The summed E-state index contributed by atoms with van der Waals surface area (Å²) in [6, 6.07) is 18.1. The van der Waals surface area contributed by atoms with Gasteiger partial charge in [0.25, 0.3) is 11.5 Å². The third kappa shape index (κ3) is 6.71. The summed E-state index contributed by atoms with van der Waals surface area (Å²) in [6.07, 6.45) is 9.00. The molecule has 2 bridgehead atoms. The van der Waals surface area contributed by atoms with E-state index in [1.54, 1.807) is 31.4 Å². The molecule has 2 unspecified atom stereocenters. The summed E-state index contributed by atoms with van der Waals surface area (Å²) in [5, 5.41) is 9.19. The van der Waals surface area contributed by atoms with E-state index in [9.17, 15) is 14.4 Å². The van der Waals surface area contributed by atoms with E-state index < -0.39 is 6.03 Å². The number of hydrogen-bond donors (Lipinski definition) is 3. The number of fused-ring (bicyclic) bond motifs is 4. The van der Waals surface area contributed by atoms with Gasteiger partial charge in [0.1, 0.15) is 5.75 Å². The van der Waals surface area contributed by atoms with Crippen LogP contribution >= 0.6 is 0 Å². The number of pyridine rings is 1. The summed E-state index contributed by atoms with van der Waals surface area (Å²) in [4.78, 5) is 41.5. The van der Waals surface area contributed by atoms with Gasteiger partial charge in [-0.15, -0.1) is 0 Å². The Morgan fingerprint density at radius 1 is 0.860 bits per heavy atom. The second kappa shape index (κ2) is 12.9. The Morgan fingerprint density at radius 3 is 2.47 bits per heavy atom. The molecule has 2 aliphatic heterocycles. The van der Waals surface area contributed by atoms with E-state index in [2.05, 4.69) is 26.9 Å². The summed E-state index contributed by atoms with van der Waals surface area (Å²) in [7, 11) is 1.58. The molecule has 2 atom stereocenters. The van der Waals surface area contributed by atoms with Gasteiger partial charge in [-0.1, -0.05) is 44.2 Å². The highest BCUT2D eigenvalue weighted by Crippen LogP contribution is 2.39. The molecule has 1 saturated carbocycles. The highest BCUT2D eigenvalue weighted by Gasteiger charge is 2.35. The van der Waals surface area contributed by atoms with E-state index in [0.717, 1.165) is 56.6 Å². The third-order valence-corrected chi connectivity index (χ3v) is 9.10. The van der Waals surface area contributed by atoms with Crippen LogP contribution in [0.2, 0.25) is 0 Å². The third-order valence-electron chi connectivity index (χ3n) is 9.10. The van der Waals surface area contributed by atoms with E-state index in [1.807, 2.05) is 34.9 Å². The van der Waals surface area contributed by atoms with Crippen LogP contribution < -0.4 is 31.1 Å². The van der Waals surface area contributed by atoms with Gasteiger partial charge >= 0.3 is 6.03 Å². The van der Waals surface area contributed by atoms with Crippen molar-refractivity contribution < 1.29 is 14.3 Å². The molecule has 1 aromatic heterocycles. The van der Waals surface area contributed by atoms with Crippen LogP contribution in [0.4, 0.5) is 21.9 Å². The number of benzene rings is 2. The van der Waals surface area contributed by atoms with Crippen LogP contribution in [-0.4, -0.2) is 42.7 Å². The summed E-state index contributed by atoms with van der Waals surface area (Å²) in [6.45, 7) is 2.17. The Kier molecular flexibility index (Phi) is 8.67. The molecule has 1 aliphatic carbocycles. The zero-order chi connectivity index (χ0) is 29.8. The number of ether oxygens (including phenoxy) is 1. The predicted molar refractivity (Wildman–Crippen MR) is 169 cm³/mol. The number of hydrogen-bond acceptors (Lipinski definition) is 5. The van der Waals surface area contributed by atoms with Crippen molar-refractivity contribution in [2.45, 2.75) is 69.9 Å². The molecule has 43 heavy (non-hydrogen) atoms. The van der Waals surface area contributed by atoms with E-state index in [0.29, 0.717) is 35.2 Å². The fourth-order valence-electron chi connectivity index (χ4n) is 7.00. The lowest BCUT2D eigenvalue weighted by molar-refractivity contribution is 0.0930. The fourth-order valence-corrected chi connectivity index (χ4v) is 7.00. The van der Waals surface area contributed by atoms with Gasteiger partial charge in [0.05, 0.1) is 18.5 Å². The van der Waals surface area contributed by atoms with Crippen molar-refractivity contribution in [3.63, 3.8) is 0 Å². The zero-order valence-electron chi connectivity index (χ0n) is 24.8. The Hall–Kier alpha value is -4.27. The number of carbonyl (C=O) groups is 2. The number of piperidine rings is 1. The number of methoxy groups -OCH3 is 1. The Morgan fingerprint density at radius 2 is 1.65 bits per heavy atom. The van der Waals surface area contributed by atoms with Crippen molar-refractivity contribution in [2.24, 2.45) is 5.92 Å². The highest BCUT2D eigenvalue weighted by atomic mass is 16.5. The number of anilines is 3. The van der Waals surface area contributed by atoms with Crippen LogP contribution in [0.5, 0.6) is 5.75 Å². The van der Waals surface area contributed by atoms with Gasteiger partial charge in [0.2, 0.25) is 0 Å². The Labute approximate surface area is 252 Å². The molecule has 3 N–H and O–H groups in total. The molecule has 0 spiro atoms. The average molecular weight is 584 g/mol. The van der Waals surface area contributed by atoms with Gasteiger partial charge in [-0.05, 0) is 61.6 Å². The van der Waals surface area contributed by atoms with Crippen LogP contribution in [0, 0.1) is 5.92 Å². The molecule has 1 saturated heterocycles. The maximum atomic E-state index is 13.4.